The number of allylic oxidation sites excluding steroid dienone is 1. The van der Waals surface area contributed by atoms with E-state index in [1.54, 1.807) is 5.57 Å². The smallest absolute Gasteiger partial charge is 0.316 e. The van der Waals surface area contributed by atoms with Crippen LogP contribution < -0.4 is 0 Å². The van der Waals surface area contributed by atoms with E-state index in [1.807, 2.05) is 37.3 Å². The van der Waals surface area contributed by atoms with Gasteiger partial charge in [-0.3, -0.25) is 4.79 Å². The van der Waals surface area contributed by atoms with Crippen molar-refractivity contribution in [3.8, 4) is 0 Å². The molecule has 0 aromatic heterocycles. The molecule has 5 aliphatic rings. The number of hydrogen-bond donors (Lipinski definition) is 0. The van der Waals surface area contributed by atoms with Gasteiger partial charge in [0, 0.05) is 12.0 Å². The van der Waals surface area contributed by atoms with Crippen LogP contribution in [0.5, 0.6) is 0 Å². The maximum Gasteiger partial charge on any atom is 0.316 e. The van der Waals surface area contributed by atoms with E-state index < -0.39 is 11.7 Å². The van der Waals surface area contributed by atoms with E-state index in [1.165, 1.54) is 51.4 Å². The summed E-state index contributed by atoms with van der Waals surface area (Å²) >= 11 is 0. The summed E-state index contributed by atoms with van der Waals surface area (Å²) in [4.78, 5) is 13.4. The number of carbonyl (C=O) groups excluding carboxylic acids is 1. The maximum atomic E-state index is 13.4. The Kier molecular flexibility index (Phi) is 8.94. The second-order valence-corrected chi connectivity index (χ2v) is 16.5. The average Bonchev–Trinajstić information content (AvgIpc) is 3.35. The molecule has 4 nitrogen and oxygen atoms in total. The van der Waals surface area contributed by atoms with Crippen molar-refractivity contribution >= 4 is 5.97 Å². The van der Waals surface area contributed by atoms with Crippen molar-refractivity contribution in [2.45, 2.75) is 125 Å². The summed E-state index contributed by atoms with van der Waals surface area (Å²) in [5, 5.41) is 0. The lowest BCUT2D eigenvalue weighted by atomic mass is 9.47. The maximum absolute atomic E-state index is 13.4. The highest BCUT2D eigenvalue weighted by Crippen LogP contribution is 2.67. The second kappa shape index (κ2) is 12.3. The number of ether oxygens (including phenoxy) is 3. The molecule has 1 aromatic rings. The second-order valence-electron chi connectivity index (χ2n) is 16.5. The van der Waals surface area contributed by atoms with Gasteiger partial charge >= 0.3 is 5.97 Å². The zero-order valence-electron chi connectivity index (χ0n) is 27.9. The molecule has 4 aliphatic carbocycles. The molecule has 43 heavy (non-hydrogen) atoms. The summed E-state index contributed by atoms with van der Waals surface area (Å²) in [5.74, 6) is 4.89. The Balaban J connectivity index is 1.06. The summed E-state index contributed by atoms with van der Waals surface area (Å²) in [6.07, 6.45) is 16.2. The Morgan fingerprint density at radius 3 is 2.40 bits per heavy atom. The molecule has 0 spiro atoms. The van der Waals surface area contributed by atoms with Crippen molar-refractivity contribution in [2.75, 3.05) is 13.2 Å². The van der Waals surface area contributed by atoms with Crippen molar-refractivity contribution in [3.05, 3.63) is 47.5 Å². The standard InChI is InChI=1S/C39H58O4/c1-26(2)11-10-12-27(3)32-17-18-33-31-16-15-29-23-30(19-21-38(29,5)34(31)20-22-39(32,33)6)43-36(40)37(4)24-41-35(42-25-37)28-13-8-7-9-14-28/h7-9,13-15,26-27,30-35H,10-12,16-25H2,1-6H3/t27-,30+,31+,32+,33+,34+,35?,37?,38-,39+/m0/s1. The Morgan fingerprint density at radius 2 is 1.67 bits per heavy atom. The monoisotopic (exact) mass is 590 g/mol. The molecule has 8 atom stereocenters. The molecule has 4 fully saturated rings. The molecular formula is C39H58O4. The lowest BCUT2D eigenvalue weighted by Crippen LogP contribution is -2.51. The number of benzene rings is 1. The summed E-state index contributed by atoms with van der Waals surface area (Å²) in [6, 6.07) is 9.95. The van der Waals surface area contributed by atoms with E-state index >= 15 is 0 Å². The van der Waals surface area contributed by atoms with Gasteiger partial charge in [0.15, 0.2) is 6.29 Å². The van der Waals surface area contributed by atoms with Gasteiger partial charge in [0.2, 0.25) is 0 Å². The largest absolute Gasteiger partial charge is 0.461 e. The first-order valence-corrected chi connectivity index (χ1v) is 17.7. The third-order valence-corrected chi connectivity index (χ3v) is 13.2. The van der Waals surface area contributed by atoms with Crippen LogP contribution in [0.25, 0.3) is 0 Å². The zero-order chi connectivity index (χ0) is 30.4. The topological polar surface area (TPSA) is 44.8 Å². The van der Waals surface area contributed by atoms with Gasteiger partial charge in [-0.05, 0) is 98.2 Å². The Hall–Kier alpha value is -1.65. The third-order valence-electron chi connectivity index (χ3n) is 13.2. The minimum atomic E-state index is -0.767. The van der Waals surface area contributed by atoms with Crippen LogP contribution in [0.2, 0.25) is 0 Å². The Bertz CT molecular complexity index is 1150. The Morgan fingerprint density at radius 1 is 0.930 bits per heavy atom. The molecule has 0 N–H and O–H groups in total. The van der Waals surface area contributed by atoms with Crippen LogP contribution in [0.3, 0.4) is 0 Å². The molecule has 3 saturated carbocycles. The van der Waals surface area contributed by atoms with Gasteiger partial charge in [-0.25, -0.2) is 0 Å². The molecule has 6 rings (SSSR count). The number of esters is 1. The molecule has 1 aromatic carbocycles. The van der Waals surface area contributed by atoms with Crippen LogP contribution in [0.1, 0.15) is 124 Å². The normalized spacial score (nSPS) is 41.5. The Labute approximate surface area is 261 Å². The molecule has 0 unspecified atom stereocenters. The minimum absolute atomic E-state index is 0.0385. The van der Waals surface area contributed by atoms with E-state index in [2.05, 4.69) is 40.7 Å². The molecule has 1 aliphatic heterocycles. The molecule has 0 radical (unpaired) electrons. The molecular weight excluding hydrogens is 532 g/mol. The van der Waals surface area contributed by atoms with Crippen LogP contribution >= 0.6 is 0 Å². The first-order chi connectivity index (χ1) is 20.5. The predicted molar refractivity (Wildman–Crippen MR) is 172 cm³/mol. The molecule has 1 saturated heterocycles. The van der Waals surface area contributed by atoms with Gasteiger partial charge < -0.3 is 14.2 Å². The van der Waals surface area contributed by atoms with Gasteiger partial charge in [0.25, 0.3) is 0 Å². The van der Waals surface area contributed by atoms with Crippen molar-refractivity contribution < 1.29 is 19.0 Å². The van der Waals surface area contributed by atoms with Crippen LogP contribution in [0.4, 0.5) is 0 Å². The van der Waals surface area contributed by atoms with E-state index in [4.69, 9.17) is 14.2 Å². The number of carbonyl (C=O) groups is 1. The molecule has 1 heterocycles. The van der Waals surface area contributed by atoms with E-state index in [0.29, 0.717) is 18.6 Å². The van der Waals surface area contributed by atoms with Crippen LogP contribution in [-0.2, 0) is 19.0 Å². The van der Waals surface area contributed by atoms with Gasteiger partial charge in [-0.15, -0.1) is 0 Å². The van der Waals surface area contributed by atoms with Crippen LogP contribution in [0, 0.1) is 51.8 Å². The highest BCUT2D eigenvalue weighted by Gasteiger charge is 2.59. The average molecular weight is 591 g/mol. The summed E-state index contributed by atoms with van der Waals surface area (Å²) in [6.45, 7) is 15.1. The van der Waals surface area contributed by atoms with Gasteiger partial charge in [-0.2, -0.15) is 0 Å². The SMILES string of the molecule is CC(C)CCC[C@H](C)[C@H]1CC[C@@H]2[C@H]3CC=C4C[C@H](OC(=O)C5(C)COC(c6ccccc6)OC5)CC[C@]4(C)[C@@H]3CC[C@@]21C. The molecule has 238 valence electrons. The quantitative estimate of drug-likeness (QED) is 0.223. The van der Waals surface area contributed by atoms with Crippen molar-refractivity contribution in [3.63, 3.8) is 0 Å². The zero-order valence-corrected chi connectivity index (χ0v) is 27.9. The molecule has 0 amide bonds. The highest BCUT2D eigenvalue weighted by molar-refractivity contribution is 5.77. The molecule has 4 heteroatoms. The number of rotatable bonds is 8. The summed E-state index contributed by atoms with van der Waals surface area (Å²) < 4.78 is 18.3. The van der Waals surface area contributed by atoms with Crippen molar-refractivity contribution in [2.24, 2.45) is 51.8 Å². The van der Waals surface area contributed by atoms with E-state index in [0.717, 1.165) is 60.3 Å². The fourth-order valence-electron chi connectivity index (χ4n) is 10.6. The summed E-state index contributed by atoms with van der Waals surface area (Å²) in [5.41, 5.74) is 2.57. The molecule has 0 bridgehead atoms. The van der Waals surface area contributed by atoms with Gasteiger partial charge in [0.05, 0.1) is 13.2 Å². The highest BCUT2D eigenvalue weighted by atomic mass is 16.7. The fraction of sp³-hybridized carbons (Fsp3) is 0.769. The summed E-state index contributed by atoms with van der Waals surface area (Å²) in [7, 11) is 0. The van der Waals surface area contributed by atoms with Crippen LogP contribution in [0.15, 0.2) is 42.0 Å². The first kappa shape index (κ1) is 31.3. The van der Waals surface area contributed by atoms with Gasteiger partial charge in [0.1, 0.15) is 11.5 Å². The third kappa shape index (κ3) is 5.89. The van der Waals surface area contributed by atoms with E-state index in [9.17, 15) is 4.79 Å². The fourth-order valence-corrected chi connectivity index (χ4v) is 10.6. The van der Waals surface area contributed by atoms with Crippen molar-refractivity contribution in [1.29, 1.82) is 0 Å². The lowest BCUT2D eigenvalue weighted by Gasteiger charge is -2.58. The number of hydrogen-bond acceptors (Lipinski definition) is 4. The van der Waals surface area contributed by atoms with Gasteiger partial charge in [-0.1, -0.05) is 95.9 Å². The van der Waals surface area contributed by atoms with Crippen LogP contribution in [-0.4, -0.2) is 25.3 Å². The predicted octanol–water partition coefficient (Wildman–Crippen LogP) is 9.69. The van der Waals surface area contributed by atoms with E-state index in [-0.39, 0.29) is 17.5 Å². The number of fused-ring (bicyclic) bond motifs is 5. The van der Waals surface area contributed by atoms with Crippen molar-refractivity contribution in [1.82, 2.24) is 0 Å². The minimum Gasteiger partial charge on any atom is -0.461 e. The first-order valence-electron chi connectivity index (χ1n) is 17.7. The lowest BCUT2D eigenvalue weighted by molar-refractivity contribution is -0.238.